The molecule has 0 aliphatic carbocycles. The van der Waals surface area contributed by atoms with Gasteiger partial charge in [0.2, 0.25) is 0 Å². The molecule has 0 radical (unpaired) electrons. The highest BCUT2D eigenvalue weighted by molar-refractivity contribution is 5.93. The summed E-state index contributed by atoms with van der Waals surface area (Å²) in [4.78, 5) is 15.2. The molecule has 29 heavy (non-hydrogen) atoms. The van der Waals surface area contributed by atoms with Crippen LogP contribution in [0.1, 0.15) is 28.6 Å². The lowest BCUT2D eigenvalue weighted by molar-refractivity contribution is -0.182. The minimum Gasteiger partial charge on any atom is -0.357 e. The Balaban J connectivity index is 1.42. The van der Waals surface area contributed by atoms with Gasteiger partial charge in [0, 0.05) is 19.2 Å². The van der Waals surface area contributed by atoms with E-state index in [1.807, 2.05) is 0 Å². The maximum Gasteiger partial charge on any atom is 0.393 e. The minimum absolute atomic E-state index is 0.0113. The van der Waals surface area contributed by atoms with Crippen LogP contribution in [-0.2, 0) is 19.5 Å². The van der Waals surface area contributed by atoms with Gasteiger partial charge in [-0.2, -0.15) is 13.2 Å². The van der Waals surface area contributed by atoms with E-state index < -0.39 is 18.0 Å². The Morgan fingerprint density at radius 2 is 1.97 bits per heavy atom. The van der Waals surface area contributed by atoms with Crippen LogP contribution in [0.4, 0.5) is 17.6 Å². The van der Waals surface area contributed by atoms with Crippen molar-refractivity contribution in [2.45, 2.75) is 32.1 Å². The lowest BCUT2D eigenvalue weighted by atomic mass is 9.99. The van der Waals surface area contributed by atoms with Gasteiger partial charge in [0.25, 0.3) is 5.91 Å². The van der Waals surface area contributed by atoms with E-state index in [4.69, 9.17) is 0 Å². The Labute approximate surface area is 163 Å². The van der Waals surface area contributed by atoms with Crippen LogP contribution >= 0.6 is 0 Å². The summed E-state index contributed by atoms with van der Waals surface area (Å²) in [6.45, 7) is -0.282. The standard InChI is InChI=1S/C19H17F4N5O/c20-14-4-1-11(2-5-14)12-7-15(24-8-12)18(29)25-9-17-27-26-16-6-3-13(10-28(16)17)19(21,22)23/h1-2,4-5,7-8,13,24H,3,6,9-10H2,(H,25,29)/t13-/m0/s1. The topological polar surface area (TPSA) is 75.6 Å². The fourth-order valence-corrected chi connectivity index (χ4v) is 3.37. The van der Waals surface area contributed by atoms with E-state index in [-0.39, 0.29) is 43.3 Å². The number of aromatic amines is 1. The molecule has 0 saturated heterocycles. The summed E-state index contributed by atoms with van der Waals surface area (Å²) in [6.07, 6.45) is -2.47. The Kier molecular flexibility index (Phi) is 4.85. The second-order valence-electron chi connectivity index (χ2n) is 6.91. The number of H-pyrrole nitrogens is 1. The van der Waals surface area contributed by atoms with Gasteiger partial charge in [-0.25, -0.2) is 4.39 Å². The normalized spacial score (nSPS) is 16.5. The molecule has 1 aromatic carbocycles. The molecule has 3 aromatic rings. The molecule has 10 heteroatoms. The van der Waals surface area contributed by atoms with Crippen LogP contribution in [0.3, 0.4) is 0 Å². The number of alkyl halides is 3. The van der Waals surface area contributed by atoms with Crippen molar-refractivity contribution in [1.29, 1.82) is 0 Å². The summed E-state index contributed by atoms with van der Waals surface area (Å²) >= 11 is 0. The van der Waals surface area contributed by atoms with Crippen LogP contribution in [-0.4, -0.2) is 31.8 Å². The highest BCUT2D eigenvalue weighted by Crippen LogP contribution is 2.34. The molecule has 1 atom stereocenters. The van der Waals surface area contributed by atoms with Crippen LogP contribution in [0.2, 0.25) is 0 Å². The summed E-state index contributed by atoms with van der Waals surface area (Å²) in [5.74, 6) is -1.45. The molecule has 2 N–H and O–H groups in total. The number of aromatic nitrogens is 4. The summed E-state index contributed by atoms with van der Waals surface area (Å²) in [5.41, 5.74) is 1.73. The van der Waals surface area contributed by atoms with Gasteiger partial charge in [0.05, 0.1) is 12.5 Å². The van der Waals surface area contributed by atoms with Crippen LogP contribution in [0.5, 0.6) is 0 Å². The van der Waals surface area contributed by atoms with Gasteiger partial charge >= 0.3 is 6.18 Å². The Morgan fingerprint density at radius 3 is 2.69 bits per heavy atom. The summed E-state index contributed by atoms with van der Waals surface area (Å²) in [6, 6.07) is 7.45. The first-order chi connectivity index (χ1) is 13.8. The molecular formula is C19H17F4N5O. The average molecular weight is 407 g/mol. The zero-order valence-corrected chi connectivity index (χ0v) is 15.1. The number of carbonyl (C=O) groups is 1. The molecule has 0 saturated carbocycles. The SMILES string of the molecule is O=C(NCc1nnc2n1C[C@@H](C(F)(F)F)CC2)c1cc(-c2ccc(F)cc2)c[nH]1. The molecule has 0 bridgehead atoms. The fourth-order valence-electron chi connectivity index (χ4n) is 3.37. The number of amides is 1. The van der Waals surface area contributed by atoms with Gasteiger partial charge < -0.3 is 14.9 Å². The highest BCUT2D eigenvalue weighted by atomic mass is 19.4. The summed E-state index contributed by atoms with van der Waals surface area (Å²) < 4.78 is 53.5. The first kappa shape index (κ1) is 19.2. The van der Waals surface area contributed by atoms with Crippen molar-refractivity contribution in [2.24, 2.45) is 5.92 Å². The predicted molar refractivity (Wildman–Crippen MR) is 95.2 cm³/mol. The zero-order valence-electron chi connectivity index (χ0n) is 15.1. The molecule has 1 aliphatic heterocycles. The number of halogens is 4. The van der Waals surface area contributed by atoms with E-state index in [1.165, 1.54) is 16.7 Å². The van der Waals surface area contributed by atoms with E-state index in [0.29, 0.717) is 11.4 Å². The number of fused-ring (bicyclic) bond motifs is 1. The van der Waals surface area contributed by atoms with Crippen molar-refractivity contribution in [3.63, 3.8) is 0 Å². The molecule has 0 spiro atoms. The molecule has 1 aliphatic rings. The van der Waals surface area contributed by atoms with Crippen LogP contribution in [0.25, 0.3) is 11.1 Å². The van der Waals surface area contributed by atoms with E-state index in [0.717, 1.165) is 5.56 Å². The van der Waals surface area contributed by atoms with E-state index in [2.05, 4.69) is 20.5 Å². The predicted octanol–water partition coefficient (Wildman–Crippen LogP) is 3.47. The van der Waals surface area contributed by atoms with Gasteiger partial charge in [0.1, 0.15) is 17.3 Å². The molecular weight excluding hydrogens is 390 g/mol. The molecule has 1 amide bonds. The second kappa shape index (κ2) is 7.34. The average Bonchev–Trinajstić information content (AvgIpc) is 3.33. The van der Waals surface area contributed by atoms with Crippen molar-refractivity contribution in [3.8, 4) is 11.1 Å². The van der Waals surface area contributed by atoms with Crippen LogP contribution in [0, 0.1) is 11.7 Å². The lowest BCUT2D eigenvalue weighted by Gasteiger charge is -2.26. The third-order valence-corrected chi connectivity index (χ3v) is 5.00. The van der Waals surface area contributed by atoms with Crippen LogP contribution in [0.15, 0.2) is 36.5 Å². The van der Waals surface area contributed by atoms with Crippen molar-refractivity contribution >= 4 is 5.91 Å². The quantitative estimate of drug-likeness (QED) is 0.651. The number of hydrogen-bond acceptors (Lipinski definition) is 3. The number of aryl methyl sites for hydroxylation is 1. The Morgan fingerprint density at radius 1 is 1.21 bits per heavy atom. The summed E-state index contributed by atoms with van der Waals surface area (Å²) in [5, 5.41) is 10.5. The van der Waals surface area contributed by atoms with Crippen molar-refractivity contribution in [2.75, 3.05) is 0 Å². The number of hydrogen-bond donors (Lipinski definition) is 2. The number of carbonyl (C=O) groups excluding carboxylic acids is 1. The maximum atomic E-state index is 13.0. The maximum absolute atomic E-state index is 13.0. The monoisotopic (exact) mass is 407 g/mol. The van der Waals surface area contributed by atoms with E-state index in [1.54, 1.807) is 24.4 Å². The molecule has 0 unspecified atom stereocenters. The highest BCUT2D eigenvalue weighted by Gasteiger charge is 2.42. The third-order valence-electron chi connectivity index (χ3n) is 5.00. The molecule has 0 fully saturated rings. The smallest absolute Gasteiger partial charge is 0.357 e. The molecule has 2 aromatic heterocycles. The number of benzene rings is 1. The Bertz CT molecular complexity index is 1020. The van der Waals surface area contributed by atoms with Gasteiger partial charge in [-0.05, 0) is 35.7 Å². The molecule has 3 heterocycles. The fraction of sp³-hybridized carbons (Fsp3) is 0.316. The van der Waals surface area contributed by atoms with Crippen molar-refractivity contribution in [1.82, 2.24) is 25.1 Å². The molecule has 6 nitrogen and oxygen atoms in total. The van der Waals surface area contributed by atoms with Crippen molar-refractivity contribution < 1.29 is 22.4 Å². The van der Waals surface area contributed by atoms with Gasteiger partial charge in [-0.15, -0.1) is 10.2 Å². The number of nitrogens with zero attached hydrogens (tertiary/aromatic N) is 3. The van der Waals surface area contributed by atoms with Crippen molar-refractivity contribution in [3.05, 3.63) is 59.7 Å². The third kappa shape index (κ3) is 4.01. The zero-order chi connectivity index (χ0) is 20.6. The minimum atomic E-state index is -4.27. The second-order valence-corrected chi connectivity index (χ2v) is 6.91. The molecule has 4 rings (SSSR count). The number of nitrogens with one attached hydrogen (secondary N) is 2. The first-order valence-electron chi connectivity index (χ1n) is 9.01. The molecule has 152 valence electrons. The first-order valence-corrected chi connectivity index (χ1v) is 9.01. The van der Waals surface area contributed by atoms with Gasteiger partial charge in [-0.1, -0.05) is 12.1 Å². The van der Waals surface area contributed by atoms with Gasteiger partial charge in [0.15, 0.2) is 5.82 Å². The lowest BCUT2D eigenvalue weighted by Crippen LogP contribution is -2.34. The largest absolute Gasteiger partial charge is 0.393 e. The van der Waals surface area contributed by atoms with Crippen LogP contribution < -0.4 is 5.32 Å². The Hall–Kier alpha value is -3.17. The van der Waals surface area contributed by atoms with E-state index >= 15 is 0 Å². The van der Waals surface area contributed by atoms with E-state index in [9.17, 15) is 22.4 Å². The van der Waals surface area contributed by atoms with Gasteiger partial charge in [-0.3, -0.25) is 4.79 Å². The summed E-state index contributed by atoms with van der Waals surface area (Å²) in [7, 11) is 0. The number of rotatable bonds is 4.